The van der Waals surface area contributed by atoms with Gasteiger partial charge in [0, 0.05) is 11.4 Å². The van der Waals surface area contributed by atoms with E-state index in [4.69, 9.17) is 5.73 Å². The zero-order chi connectivity index (χ0) is 13.9. The first kappa shape index (κ1) is 14.2. The lowest BCUT2D eigenvalue weighted by atomic mass is 10.0. The normalized spacial score (nSPS) is 21.9. The summed E-state index contributed by atoms with van der Waals surface area (Å²) in [5, 5.41) is 0. The van der Waals surface area contributed by atoms with Gasteiger partial charge < -0.3 is 5.73 Å². The molecule has 0 aromatic carbocycles. The van der Waals surface area contributed by atoms with E-state index in [-0.39, 0.29) is 0 Å². The molecule has 20 heavy (non-hydrogen) atoms. The van der Waals surface area contributed by atoms with Crippen molar-refractivity contribution in [2.24, 2.45) is 5.92 Å². The number of likely N-dealkylation sites (tertiary alicyclic amines) is 1. The maximum Gasteiger partial charge on any atom is 0.0544 e. The second-order valence-electron chi connectivity index (χ2n) is 6.36. The van der Waals surface area contributed by atoms with Crippen molar-refractivity contribution in [1.82, 2.24) is 4.90 Å². The van der Waals surface area contributed by atoms with Crippen LogP contribution in [0.25, 0.3) is 5.57 Å². The SMILES string of the molecule is Cc1cc(N)c(/C(=C/C2CCCC2)CN2CCCC2)s1. The number of hydrogen-bond acceptors (Lipinski definition) is 3. The molecule has 1 aromatic heterocycles. The zero-order valence-corrected chi connectivity index (χ0v) is 13.3. The van der Waals surface area contributed by atoms with Gasteiger partial charge in [-0.05, 0) is 63.3 Å². The molecule has 1 aliphatic heterocycles. The second-order valence-corrected chi connectivity index (χ2v) is 7.62. The molecule has 1 saturated heterocycles. The molecule has 2 heterocycles. The van der Waals surface area contributed by atoms with Gasteiger partial charge in [-0.2, -0.15) is 0 Å². The number of thiophene rings is 1. The van der Waals surface area contributed by atoms with Gasteiger partial charge in [0.2, 0.25) is 0 Å². The number of rotatable bonds is 4. The van der Waals surface area contributed by atoms with Gasteiger partial charge in [-0.15, -0.1) is 11.3 Å². The molecule has 1 aromatic rings. The number of nitrogen functional groups attached to an aromatic ring is 1. The van der Waals surface area contributed by atoms with Crippen molar-refractivity contribution in [3.63, 3.8) is 0 Å². The molecule has 1 aliphatic carbocycles. The average molecular weight is 290 g/mol. The summed E-state index contributed by atoms with van der Waals surface area (Å²) >= 11 is 1.87. The van der Waals surface area contributed by atoms with Crippen molar-refractivity contribution in [3.05, 3.63) is 21.9 Å². The average Bonchev–Trinajstić information content (AvgIpc) is 3.11. The molecule has 110 valence electrons. The Morgan fingerprint density at radius 1 is 1.30 bits per heavy atom. The van der Waals surface area contributed by atoms with Crippen LogP contribution < -0.4 is 5.73 Å². The van der Waals surface area contributed by atoms with Crippen LogP contribution in [0, 0.1) is 12.8 Å². The summed E-state index contributed by atoms with van der Waals surface area (Å²) in [5.74, 6) is 0.786. The molecule has 0 atom stereocenters. The number of hydrogen-bond donors (Lipinski definition) is 1. The third-order valence-electron chi connectivity index (χ3n) is 4.61. The summed E-state index contributed by atoms with van der Waals surface area (Å²) in [7, 11) is 0. The number of anilines is 1. The summed E-state index contributed by atoms with van der Waals surface area (Å²) in [6, 6.07) is 2.13. The Morgan fingerprint density at radius 2 is 2.00 bits per heavy atom. The molecule has 2 aliphatic rings. The first-order valence-electron chi connectivity index (χ1n) is 8.02. The standard InChI is InChI=1S/C17H26N2S/c1-13-10-16(18)17(20-13)15(11-14-6-2-3-7-14)12-19-8-4-5-9-19/h10-11,14H,2-9,12,18H2,1H3/b15-11+. The Hall–Kier alpha value is -0.800. The highest BCUT2D eigenvalue weighted by Gasteiger charge is 2.20. The van der Waals surface area contributed by atoms with Gasteiger partial charge in [0.05, 0.1) is 10.6 Å². The van der Waals surface area contributed by atoms with Crippen molar-refractivity contribution in [3.8, 4) is 0 Å². The summed E-state index contributed by atoms with van der Waals surface area (Å²) in [6.07, 6.45) is 10.8. The van der Waals surface area contributed by atoms with Crippen LogP contribution in [0.1, 0.15) is 48.3 Å². The van der Waals surface area contributed by atoms with Crippen molar-refractivity contribution in [2.75, 3.05) is 25.4 Å². The Bertz CT molecular complexity index is 477. The number of allylic oxidation sites excluding steroid dienone is 1. The largest absolute Gasteiger partial charge is 0.398 e. The molecule has 2 N–H and O–H groups in total. The monoisotopic (exact) mass is 290 g/mol. The minimum Gasteiger partial charge on any atom is -0.398 e. The number of aryl methyl sites for hydroxylation is 1. The molecule has 1 saturated carbocycles. The molecular formula is C17H26N2S. The number of nitrogens with zero attached hydrogens (tertiary/aromatic N) is 1. The van der Waals surface area contributed by atoms with Crippen LogP contribution in [0.15, 0.2) is 12.1 Å². The van der Waals surface area contributed by atoms with Crippen LogP contribution in [0.4, 0.5) is 5.69 Å². The molecule has 0 bridgehead atoms. The highest BCUT2D eigenvalue weighted by Crippen LogP contribution is 2.35. The summed E-state index contributed by atoms with van der Waals surface area (Å²) in [5.41, 5.74) is 8.72. The molecule has 0 radical (unpaired) electrons. The lowest BCUT2D eigenvalue weighted by Crippen LogP contribution is -2.21. The minimum absolute atomic E-state index is 0.786. The lowest BCUT2D eigenvalue weighted by Gasteiger charge is -2.18. The molecule has 0 amide bonds. The van der Waals surface area contributed by atoms with Gasteiger partial charge in [-0.3, -0.25) is 4.90 Å². The van der Waals surface area contributed by atoms with Crippen LogP contribution in [-0.2, 0) is 0 Å². The van der Waals surface area contributed by atoms with Gasteiger partial charge in [-0.1, -0.05) is 18.9 Å². The van der Waals surface area contributed by atoms with E-state index in [1.165, 1.54) is 66.9 Å². The zero-order valence-electron chi connectivity index (χ0n) is 12.5. The maximum atomic E-state index is 6.24. The van der Waals surface area contributed by atoms with E-state index in [1.807, 2.05) is 11.3 Å². The molecule has 2 nitrogen and oxygen atoms in total. The summed E-state index contributed by atoms with van der Waals surface area (Å²) in [6.45, 7) is 5.77. The van der Waals surface area contributed by atoms with E-state index in [0.717, 1.165) is 18.2 Å². The first-order valence-corrected chi connectivity index (χ1v) is 8.83. The quantitative estimate of drug-likeness (QED) is 0.895. The van der Waals surface area contributed by atoms with E-state index in [1.54, 1.807) is 0 Å². The Balaban J connectivity index is 1.83. The Labute approximate surface area is 126 Å². The fraction of sp³-hybridized carbons (Fsp3) is 0.647. The smallest absolute Gasteiger partial charge is 0.0544 e. The van der Waals surface area contributed by atoms with E-state index < -0.39 is 0 Å². The van der Waals surface area contributed by atoms with E-state index in [9.17, 15) is 0 Å². The summed E-state index contributed by atoms with van der Waals surface area (Å²) < 4.78 is 0. The van der Waals surface area contributed by atoms with Crippen molar-refractivity contribution >= 4 is 22.6 Å². The topological polar surface area (TPSA) is 29.3 Å². The molecule has 0 spiro atoms. The van der Waals surface area contributed by atoms with Crippen LogP contribution >= 0.6 is 11.3 Å². The predicted molar refractivity (Wildman–Crippen MR) is 89.1 cm³/mol. The second kappa shape index (κ2) is 6.31. The molecule has 3 rings (SSSR count). The predicted octanol–water partition coefficient (Wildman–Crippen LogP) is 4.31. The Morgan fingerprint density at radius 3 is 2.60 bits per heavy atom. The third-order valence-corrected chi connectivity index (χ3v) is 5.75. The van der Waals surface area contributed by atoms with Crippen molar-refractivity contribution in [1.29, 1.82) is 0 Å². The van der Waals surface area contributed by atoms with Gasteiger partial charge in [0.25, 0.3) is 0 Å². The molecule has 0 unspecified atom stereocenters. The van der Waals surface area contributed by atoms with Crippen LogP contribution in [0.5, 0.6) is 0 Å². The molecular weight excluding hydrogens is 264 g/mol. The van der Waals surface area contributed by atoms with Gasteiger partial charge in [0.15, 0.2) is 0 Å². The fourth-order valence-corrected chi connectivity index (χ4v) is 4.52. The van der Waals surface area contributed by atoms with Gasteiger partial charge in [-0.25, -0.2) is 0 Å². The highest BCUT2D eigenvalue weighted by molar-refractivity contribution is 7.13. The Kier molecular flexibility index (Phi) is 4.47. The fourth-order valence-electron chi connectivity index (χ4n) is 3.58. The van der Waals surface area contributed by atoms with Gasteiger partial charge in [0.1, 0.15) is 0 Å². The van der Waals surface area contributed by atoms with E-state index in [0.29, 0.717) is 0 Å². The number of nitrogens with two attached hydrogens (primary N) is 1. The third kappa shape index (κ3) is 3.26. The highest BCUT2D eigenvalue weighted by atomic mass is 32.1. The maximum absolute atomic E-state index is 6.24. The van der Waals surface area contributed by atoms with Crippen molar-refractivity contribution in [2.45, 2.75) is 45.4 Å². The molecule has 3 heteroatoms. The summed E-state index contributed by atoms with van der Waals surface area (Å²) in [4.78, 5) is 5.26. The lowest BCUT2D eigenvalue weighted by molar-refractivity contribution is 0.382. The van der Waals surface area contributed by atoms with Crippen LogP contribution in [0.2, 0.25) is 0 Å². The van der Waals surface area contributed by atoms with E-state index >= 15 is 0 Å². The van der Waals surface area contributed by atoms with Crippen LogP contribution in [-0.4, -0.2) is 24.5 Å². The molecule has 2 fully saturated rings. The van der Waals surface area contributed by atoms with E-state index in [2.05, 4.69) is 24.0 Å². The van der Waals surface area contributed by atoms with Gasteiger partial charge >= 0.3 is 0 Å². The first-order chi connectivity index (χ1) is 9.72. The minimum atomic E-state index is 0.786. The van der Waals surface area contributed by atoms with Crippen molar-refractivity contribution < 1.29 is 0 Å². The van der Waals surface area contributed by atoms with Crippen LogP contribution in [0.3, 0.4) is 0 Å².